The Balaban J connectivity index is 2.24. The van der Waals surface area contributed by atoms with Crippen LogP contribution in [0.3, 0.4) is 0 Å². The normalized spacial score (nSPS) is 10.6. The molecule has 0 bridgehead atoms. The van der Waals surface area contributed by atoms with Crippen molar-refractivity contribution in [2.45, 2.75) is 26.8 Å². The quantitative estimate of drug-likeness (QED) is 0.656. The van der Waals surface area contributed by atoms with Gasteiger partial charge in [-0.05, 0) is 72.6 Å². The van der Waals surface area contributed by atoms with Crippen LogP contribution in [-0.2, 0) is 0 Å². The molecule has 0 unspecified atom stereocenters. The third-order valence-corrected chi connectivity index (χ3v) is 4.04. The van der Waals surface area contributed by atoms with E-state index in [4.69, 9.17) is 0 Å². The van der Waals surface area contributed by atoms with E-state index in [1.807, 2.05) is 0 Å². The minimum absolute atomic E-state index is 0.119. The average molecular weight is 426 g/mol. The Kier molecular flexibility index (Phi) is 6.31. The summed E-state index contributed by atoms with van der Waals surface area (Å²) in [6, 6.07) is 5.77. The van der Waals surface area contributed by atoms with Crippen molar-refractivity contribution in [1.82, 2.24) is 5.32 Å². The largest absolute Gasteiger partial charge is 0.336 e. The summed E-state index contributed by atoms with van der Waals surface area (Å²) >= 11 is 3.14. The number of halogens is 3. The van der Waals surface area contributed by atoms with Crippen molar-refractivity contribution in [2.75, 3.05) is 10.6 Å². The standard InChI is InChI=1S/C18H18BrF2N3O2/c1-9(2)22-18(26)24-16-7-12(13(19)8-15(16)21)17(25)23-11-4-5-14(20)10(3)6-11/h4-9H,1-3H3,(H,23,25)(H2,22,24,26). The van der Waals surface area contributed by atoms with Crippen LogP contribution in [0.5, 0.6) is 0 Å². The summed E-state index contributed by atoms with van der Waals surface area (Å²) in [5.74, 6) is -1.60. The molecular weight excluding hydrogens is 408 g/mol. The van der Waals surface area contributed by atoms with Gasteiger partial charge in [0, 0.05) is 16.2 Å². The number of aryl methyl sites for hydroxylation is 1. The number of hydrogen-bond donors (Lipinski definition) is 3. The van der Waals surface area contributed by atoms with Gasteiger partial charge in [-0.15, -0.1) is 0 Å². The first kappa shape index (κ1) is 19.8. The monoisotopic (exact) mass is 425 g/mol. The van der Waals surface area contributed by atoms with Crippen LogP contribution in [0, 0.1) is 18.6 Å². The molecular formula is C18H18BrF2N3O2. The molecule has 8 heteroatoms. The molecule has 0 aliphatic heterocycles. The van der Waals surface area contributed by atoms with Crippen molar-refractivity contribution in [1.29, 1.82) is 0 Å². The van der Waals surface area contributed by atoms with Crippen LogP contribution in [-0.4, -0.2) is 18.0 Å². The number of nitrogens with one attached hydrogen (secondary N) is 3. The van der Waals surface area contributed by atoms with Crippen LogP contribution in [0.2, 0.25) is 0 Å². The van der Waals surface area contributed by atoms with Gasteiger partial charge in [0.25, 0.3) is 5.91 Å². The summed E-state index contributed by atoms with van der Waals surface area (Å²) in [4.78, 5) is 24.2. The summed E-state index contributed by atoms with van der Waals surface area (Å²) < 4.78 is 27.6. The molecule has 3 amide bonds. The Labute approximate surface area is 158 Å². The highest BCUT2D eigenvalue weighted by atomic mass is 79.9. The van der Waals surface area contributed by atoms with Crippen molar-refractivity contribution < 1.29 is 18.4 Å². The maximum atomic E-state index is 14.1. The fraction of sp³-hybridized carbons (Fsp3) is 0.222. The van der Waals surface area contributed by atoms with Crippen molar-refractivity contribution in [3.63, 3.8) is 0 Å². The van der Waals surface area contributed by atoms with Gasteiger partial charge in [-0.3, -0.25) is 4.79 Å². The molecule has 26 heavy (non-hydrogen) atoms. The van der Waals surface area contributed by atoms with Crippen molar-refractivity contribution in [3.8, 4) is 0 Å². The first-order chi connectivity index (χ1) is 12.2. The molecule has 0 heterocycles. The Morgan fingerprint density at radius 3 is 2.35 bits per heavy atom. The van der Waals surface area contributed by atoms with Crippen LogP contribution in [0.25, 0.3) is 0 Å². The fourth-order valence-electron chi connectivity index (χ4n) is 2.16. The fourth-order valence-corrected chi connectivity index (χ4v) is 2.66. The number of carbonyl (C=O) groups is 2. The molecule has 0 saturated carbocycles. The molecule has 3 N–H and O–H groups in total. The summed E-state index contributed by atoms with van der Waals surface area (Å²) in [6.45, 7) is 5.11. The van der Waals surface area contributed by atoms with E-state index in [0.29, 0.717) is 11.3 Å². The zero-order chi connectivity index (χ0) is 19.4. The van der Waals surface area contributed by atoms with Crippen LogP contribution >= 0.6 is 15.9 Å². The maximum Gasteiger partial charge on any atom is 0.319 e. The number of carbonyl (C=O) groups excluding carboxylic acids is 2. The number of urea groups is 1. The minimum atomic E-state index is -0.690. The van der Waals surface area contributed by atoms with E-state index >= 15 is 0 Å². The molecule has 138 valence electrons. The highest BCUT2D eigenvalue weighted by Crippen LogP contribution is 2.26. The Hall–Kier alpha value is -2.48. The molecule has 0 spiro atoms. The maximum absolute atomic E-state index is 14.1. The number of benzene rings is 2. The Morgan fingerprint density at radius 2 is 1.73 bits per heavy atom. The molecule has 0 aliphatic rings. The predicted octanol–water partition coefficient (Wildman–Crippen LogP) is 4.82. The molecule has 2 aromatic rings. The summed E-state index contributed by atoms with van der Waals surface area (Å²) in [6.07, 6.45) is 0. The van der Waals surface area contributed by atoms with Gasteiger partial charge in [-0.25, -0.2) is 13.6 Å². The molecule has 5 nitrogen and oxygen atoms in total. The Bertz CT molecular complexity index is 857. The summed E-state index contributed by atoms with van der Waals surface area (Å²) in [5.41, 5.74) is 0.769. The molecule has 0 saturated heterocycles. The molecule has 0 fully saturated rings. The lowest BCUT2D eigenvalue weighted by Gasteiger charge is -2.13. The van der Waals surface area contributed by atoms with Crippen molar-refractivity contribution in [3.05, 3.63) is 57.6 Å². The van der Waals surface area contributed by atoms with Gasteiger partial charge < -0.3 is 16.0 Å². The zero-order valence-corrected chi connectivity index (χ0v) is 16.0. The van der Waals surface area contributed by atoms with Crippen molar-refractivity contribution in [2.24, 2.45) is 0 Å². The Morgan fingerprint density at radius 1 is 1.04 bits per heavy atom. The lowest BCUT2D eigenvalue weighted by atomic mass is 10.1. The van der Waals surface area contributed by atoms with Gasteiger partial charge in [0.1, 0.15) is 11.6 Å². The smallest absolute Gasteiger partial charge is 0.319 e. The van der Waals surface area contributed by atoms with Crippen molar-refractivity contribution >= 4 is 39.2 Å². The summed E-state index contributed by atoms with van der Waals surface area (Å²) in [5, 5.41) is 7.55. The van der Waals surface area contributed by atoms with E-state index in [1.165, 1.54) is 24.3 Å². The van der Waals surface area contributed by atoms with E-state index in [0.717, 1.165) is 6.07 Å². The van der Waals surface area contributed by atoms with Crippen LogP contribution < -0.4 is 16.0 Å². The van der Waals surface area contributed by atoms with Gasteiger partial charge in [-0.2, -0.15) is 0 Å². The average Bonchev–Trinajstić information content (AvgIpc) is 2.52. The lowest BCUT2D eigenvalue weighted by Crippen LogP contribution is -2.34. The van der Waals surface area contributed by atoms with Crippen LogP contribution in [0.15, 0.2) is 34.8 Å². The van der Waals surface area contributed by atoms with Crippen LogP contribution in [0.4, 0.5) is 25.0 Å². The van der Waals surface area contributed by atoms with Gasteiger partial charge in [0.05, 0.1) is 11.3 Å². The van der Waals surface area contributed by atoms with Gasteiger partial charge in [0.2, 0.25) is 0 Å². The van der Waals surface area contributed by atoms with Gasteiger partial charge >= 0.3 is 6.03 Å². The second kappa shape index (κ2) is 8.27. The molecule has 2 rings (SSSR count). The summed E-state index contributed by atoms with van der Waals surface area (Å²) in [7, 11) is 0. The first-order valence-electron chi connectivity index (χ1n) is 7.81. The third-order valence-electron chi connectivity index (χ3n) is 3.39. The molecule has 0 aromatic heterocycles. The van der Waals surface area contributed by atoms with Crippen LogP contribution in [0.1, 0.15) is 29.8 Å². The molecule has 0 atom stereocenters. The predicted molar refractivity (Wildman–Crippen MR) is 100 cm³/mol. The number of anilines is 2. The highest BCUT2D eigenvalue weighted by molar-refractivity contribution is 9.10. The molecule has 0 radical (unpaired) electrons. The first-order valence-corrected chi connectivity index (χ1v) is 8.60. The minimum Gasteiger partial charge on any atom is -0.336 e. The SMILES string of the molecule is Cc1cc(NC(=O)c2cc(NC(=O)NC(C)C)c(F)cc2Br)ccc1F. The second-order valence-electron chi connectivity index (χ2n) is 5.98. The van der Waals surface area contributed by atoms with E-state index in [1.54, 1.807) is 20.8 Å². The van der Waals surface area contributed by atoms with Gasteiger partial charge in [-0.1, -0.05) is 0 Å². The van der Waals surface area contributed by atoms with Gasteiger partial charge in [0.15, 0.2) is 0 Å². The highest BCUT2D eigenvalue weighted by Gasteiger charge is 2.17. The number of rotatable bonds is 4. The zero-order valence-electron chi connectivity index (χ0n) is 14.4. The van der Waals surface area contributed by atoms with E-state index in [-0.39, 0.29) is 27.6 Å². The molecule has 2 aromatic carbocycles. The van der Waals surface area contributed by atoms with E-state index < -0.39 is 17.8 Å². The second-order valence-corrected chi connectivity index (χ2v) is 6.84. The van der Waals surface area contributed by atoms with E-state index in [9.17, 15) is 18.4 Å². The topological polar surface area (TPSA) is 70.2 Å². The lowest BCUT2D eigenvalue weighted by molar-refractivity contribution is 0.102. The third kappa shape index (κ3) is 5.01. The van der Waals surface area contributed by atoms with E-state index in [2.05, 4.69) is 31.9 Å². The number of hydrogen-bond acceptors (Lipinski definition) is 2. The molecule has 0 aliphatic carbocycles. The number of amides is 3.